The molecule has 3 aromatic carbocycles. The van der Waals surface area contributed by atoms with Gasteiger partial charge in [0.25, 0.3) is 0 Å². The molecule has 0 heterocycles. The van der Waals surface area contributed by atoms with Crippen LogP contribution in [0.15, 0.2) is 84.9 Å². The van der Waals surface area contributed by atoms with Crippen LogP contribution in [0.25, 0.3) is 0 Å². The van der Waals surface area contributed by atoms with Crippen molar-refractivity contribution < 1.29 is 8.42 Å². The molecule has 0 spiro atoms. The van der Waals surface area contributed by atoms with Crippen LogP contribution in [0, 0.1) is 11.3 Å². The Morgan fingerprint density at radius 1 is 0.857 bits per heavy atom. The maximum Gasteiger partial charge on any atom is 0.215 e. The zero-order chi connectivity index (χ0) is 19.8. The number of nitriles is 1. The summed E-state index contributed by atoms with van der Waals surface area (Å²) in [5.41, 5.74) is 3.39. The van der Waals surface area contributed by atoms with Crippen molar-refractivity contribution in [3.8, 4) is 6.07 Å². The lowest BCUT2D eigenvalue weighted by Gasteiger charge is -2.18. The van der Waals surface area contributed by atoms with E-state index < -0.39 is 10.0 Å². The lowest BCUT2D eigenvalue weighted by atomic mass is 9.89. The van der Waals surface area contributed by atoms with Crippen molar-refractivity contribution in [2.45, 2.75) is 18.1 Å². The molecule has 0 saturated heterocycles. The molecule has 142 valence electrons. The minimum Gasteiger partial charge on any atom is -0.215 e. The summed E-state index contributed by atoms with van der Waals surface area (Å²) in [6, 6.07) is 28.9. The number of hydrogen-bond acceptors (Lipinski definition) is 3. The Bertz CT molecular complexity index is 1000. The van der Waals surface area contributed by atoms with Crippen molar-refractivity contribution in [3.05, 3.63) is 107 Å². The summed E-state index contributed by atoms with van der Waals surface area (Å²) >= 11 is 0. The van der Waals surface area contributed by atoms with E-state index >= 15 is 0 Å². The van der Waals surface area contributed by atoms with Crippen LogP contribution in [0.4, 0.5) is 0 Å². The topological polar surface area (TPSA) is 70.0 Å². The second kappa shape index (κ2) is 9.32. The third-order valence-electron chi connectivity index (χ3n) is 4.57. The lowest BCUT2D eigenvalue weighted by Crippen LogP contribution is -2.27. The molecule has 0 radical (unpaired) electrons. The summed E-state index contributed by atoms with van der Waals surface area (Å²) in [5, 5.41) is 8.96. The van der Waals surface area contributed by atoms with Crippen molar-refractivity contribution in [1.29, 1.82) is 5.26 Å². The zero-order valence-corrected chi connectivity index (χ0v) is 16.3. The standard InChI is InChI=1S/C23H22N2O2S/c24-17-19-8-7-9-20(16-19)18-28(26,27)25-15-14-23(21-10-3-1-4-11-21)22-12-5-2-6-13-22/h1-13,16,23,25H,14-15,18H2. The normalized spacial score (nSPS) is 11.3. The maximum atomic E-state index is 12.5. The van der Waals surface area contributed by atoms with E-state index in [1.54, 1.807) is 24.3 Å². The fourth-order valence-corrected chi connectivity index (χ4v) is 4.41. The monoisotopic (exact) mass is 390 g/mol. The van der Waals surface area contributed by atoms with Gasteiger partial charge >= 0.3 is 0 Å². The van der Waals surface area contributed by atoms with Crippen molar-refractivity contribution in [2.24, 2.45) is 0 Å². The van der Waals surface area contributed by atoms with E-state index in [4.69, 9.17) is 5.26 Å². The van der Waals surface area contributed by atoms with Crippen LogP contribution in [-0.2, 0) is 15.8 Å². The largest absolute Gasteiger partial charge is 0.215 e. The number of nitrogens with zero attached hydrogens (tertiary/aromatic N) is 1. The van der Waals surface area contributed by atoms with Crippen LogP contribution in [0.5, 0.6) is 0 Å². The third-order valence-corrected chi connectivity index (χ3v) is 5.93. The molecule has 0 aliphatic heterocycles. The average molecular weight is 391 g/mol. The molecule has 5 heteroatoms. The van der Waals surface area contributed by atoms with Gasteiger partial charge in [0, 0.05) is 12.5 Å². The van der Waals surface area contributed by atoms with E-state index in [1.165, 1.54) is 0 Å². The van der Waals surface area contributed by atoms with Gasteiger partial charge in [-0.15, -0.1) is 0 Å². The molecule has 0 amide bonds. The first-order chi connectivity index (χ1) is 13.6. The van der Waals surface area contributed by atoms with Crippen LogP contribution in [0.3, 0.4) is 0 Å². The Morgan fingerprint density at radius 2 is 1.46 bits per heavy atom. The second-order valence-electron chi connectivity index (χ2n) is 6.63. The van der Waals surface area contributed by atoms with Gasteiger partial charge < -0.3 is 0 Å². The van der Waals surface area contributed by atoms with Gasteiger partial charge in [0.1, 0.15) is 0 Å². The Hall–Kier alpha value is -2.94. The second-order valence-corrected chi connectivity index (χ2v) is 8.44. The van der Waals surface area contributed by atoms with Gasteiger partial charge in [0.15, 0.2) is 0 Å². The summed E-state index contributed by atoms with van der Waals surface area (Å²) in [6.07, 6.45) is 0.658. The minimum absolute atomic E-state index is 0.118. The van der Waals surface area contributed by atoms with Gasteiger partial charge in [-0.1, -0.05) is 72.8 Å². The number of rotatable bonds is 8. The summed E-state index contributed by atoms with van der Waals surface area (Å²) in [7, 11) is -3.48. The van der Waals surface area contributed by atoms with Crippen LogP contribution in [-0.4, -0.2) is 15.0 Å². The van der Waals surface area contributed by atoms with Gasteiger partial charge in [0.05, 0.1) is 17.4 Å². The van der Waals surface area contributed by atoms with Crippen LogP contribution >= 0.6 is 0 Å². The summed E-state index contributed by atoms with van der Waals surface area (Å²) in [6.45, 7) is 0.342. The molecule has 0 atom stereocenters. The number of nitrogens with one attached hydrogen (secondary N) is 1. The third kappa shape index (κ3) is 5.53. The molecular formula is C23H22N2O2S. The Labute approximate surface area is 166 Å². The first-order valence-corrected chi connectivity index (χ1v) is 10.8. The number of hydrogen-bond donors (Lipinski definition) is 1. The van der Waals surface area contributed by atoms with Crippen LogP contribution in [0.1, 0.15) is 34.6 Å². The first kappa shape index (κ1) is 19.8. The van der Waals surface area contributed by atoms with Crippen molar-refractivity contribution in [3.63, 3.8) is 0 Å². The highest BCUT2D eigenvalue weighted by Crippen LogP contribution is 2.27. The predicted octanol–water partition coefficient (Wildman–Crippen LogP) is 4.20. The van der Waals surface area contributed by atoms with Gasteiger partial charge in [-0.25, -0.2) is 13.1 Å². The molecule has 1 N–H and O–H groups in total. The van der Waals surface area contributed by atoms with Crippen LogP contribution in [0.2, 0.25) is 0 Å². The van der Waals surface area contributed by atoms with E-state index in [1.807, 2.05) is 42.5 Å². The molecular weight excluding hydrogens is 368 g/mol. The Balaban J connectivity index is 1.67. The maximum absolute atomic E-state index is 12.5. The quantitative estimate of drug-likeness (QED) is 0.627. The Kier molecular flexibility index (Phi) is 6.59. The van der Waals surface area contributed by atoms with Crippen molar-refractivity contribution in [2.75, 3.05) is 6.54 Å². The average Bonchev–Trinajstić information content (AvgIpc) is 2.72. The van der Waals surface area contributed by atoms with E-state index in [9.17, 15) is 8.42 Å². The molecule has 0 fully saturated rings. The zero-order valence-electron chi connectivity index (χ0n) is 15.5. The van der Waals surface area contributed by atoms with Crippen molar-refractivity contribution >= 4 is 10.0 Å². The van der Waals surface area contributed by atoms with Crippen LogP contribution < -0.4 is 4.72 Å². The lowest BCUT2D eigenvalue weighted by molar-refractivity contribution is 0.574. The summed E-state index contributed by atoms with van der Waals surface area (Å²) in [5.74, 6) is -0.0175. The van der Waals surface area contributed by atoms with Gasteiger partial charge in [-0.3, -0.25) is 0 Å². The highest BCUT2D eigenvalue weighted by atomic mass is 32.2. The predicted molar refractivity (Wildman–Crippen MR) is 111 cm³/mol. The van der Waals surface area contributed by atoms with Gasteiger partial charge in [-0.05, 0) is 35.2 Å². The molecule has 0 bridgehead atoms. The molecule has 3 aromatic rings. The summed E-state index contributed by atoms with van der Waals surface area (Å²) < 4.78 is 27.6. The number of benzene rings is 3. The molecule has 0 aliphatic carbocycles. The van der Waals surface area contributed by atoms with E-state index in [0.717, 1.165) is 11.1 Å². The highest BCUT2D eigenvalue weighted by Gasteiger charge is 2.16. The fourth-order valence-electron chi connectivity index (χ4n) is 3.26. The molecule has 28 heavy (non-hydrogen) atoms. The summed E-state index contributed by atoms with van der Waals surface area (Å²) in [4.78, 5) is 0. The Morgan fingerprint density at radius 3 is 2.04 bits per heavy atom. The van der Waals surface area contributed by atoms with E-state index in [2.05, 4.69) is 29.0 Å². The SMILES string of the molecule is N#Cc1cccc(CS(=O)(=O)NCCC(c2ccccc2)c2ccccc2)c1. The minimum atomic E-state index is -3.48. The molecule has 3 rings (SSSR count). The smallest absolute Gasteiger partial charge is 0.215 e. The molecule has 4 nitrogen and oxygen atoms in total. The van der Waals surface area contributed by atoms with Gasteiger partial charge in [-0.2, -0.15) is 5.26 Å². The van der Waals surface area contributed by atoms with E-state index in [0.29, 0.717) is 24.1 Å². The molecule has 0 saturated carbocycles. The van der Waals surface area contributed by atoms with Gasteiger partial charge in [0.2, 0.25) is 10.0 Å². The number of sulfonamides is 1. The van der Waals surface area contributed by atoms with E-state index in [-0.39, 0.29) is 11.7 Å². The van der Waals surface area contributed by atoms with Crippen molar-refractivity contribution in [1.82, 2.24) is 4.72 Å². The molecule has 0 unspecified atom stereocenters. The fraction of sp³-hybridized carbons (Fsp3) is 0.174. The molecule has 0 aliphatic rings. The molecule has 0 aromatic heterocycles. The first-order valence-electron chi connectivity index (χ1n) is 9.14. The highest BCUT2D eigenvalue weighted by molar-refractivity contribution is 7.88.